The molecule has 0 aliphatic heterocycles. The summed E-state index contributed by atoms with van der Waals surface area (Å²) in [5.41, 5.74) is 4.78. The minimum Gasteiger partial charge on any atom is -0.494 e. The number of aromatic nitrogens is 3. The highest BCUT2D eigenvalue weighted by molar-refractivity contribution is 6.22. The molecule has 2 N–H and O–H groups in total. The highest BCUT2D eigenvalue weighted by Crippen LogP contribution is 2.32. The monoisotopic (exact) mass is 464 g/mol. The number of imidazole rings is 1. The van der Waals surface area contributed by atoms with Gasteiger partial charge in [0.25, 0.3) is 0 Å². The van der Waals surface area contributed by atoms with Crippen LogP contribution in [0.5, 0.6) is 5.88 Å². The lowest BCUT2D eigenvalue weighted by molar-refractivity contribution is 0.0601. The van der Waals surface area contributed by atoms with Crippen molar-refractivity contribution in [2.75, 3.05) is 7.11 Å². The second kappa shape index (κ2) is 9.30. The molecule has 5 aromatic rings. The van der Waals surface area contributed by atoms with Gasteiger partial charge in [-0.1, -0.05) is 36.4 Å². The van der Waals surface area contributed by atoms with Gasteiger partial charge in [-0.3, -0.25) is 0 Å². The lowest BCUT2D eigenvalue weighted by atomic mass is 10.00. The number of benzene rings is 3. The molecule has 2 aromatic heterocycles. The summed E-state index contributed by atoms with van der Waals surface area (Å²) in [5, 5.41) is 11.6. The average Bonchev–Trinajstić information content (AvgIpc) is 3.51. The zero-order valence-corrected chi connectivity index (χ0v) is 19.4. The van der Waals surface area contributed by atoms with Crippen LogP contribution in [0.25, 0.3) is 22.3 Å². The van der Waals surface area contributed by atoms with Crippen LogP contribution in [0.2, 0.25) is 0 Å². The quantitative estimate of drug-likeness (QED) is 0.249. The summed E-state index contributed by atoms with van der Waals surface area (Å²) >= 11 is 0. The Hall–Kier alpha value is -4.65. The number of carbonyl (C=O) groups excluding carboxylic acids is 1. The van der Waals surface area contributed by atoms with Crippen molar-refractivity contribution in [2.45, 2.75) is 13.5 Å². The molecule has 174 valence electrons. The summed E-state index contributed by atoms with van der Waals surface area (Å²) in [6.07, 6.45) is 3.75. The van der Waals surface area contributed by atoms with E-state index in [0.29, 0.717) is 22.4 Å². The van der Waals surface area contributed by atoms with Crippen LogP contribution >= 0.6 is 0 Å². The summed E-state index contributed by atoms with van der Waals surface area (Å²) in [7, 11) is 1.34. The number of aromatic hydroxyl groups is 1. The van der Waals surface area contributed by atoms with E-state index in [1.165, 1.54) is 7.11 Å². The second-order valence-electron chi connectivity index (χ2n) is 8.01. The first kappa shape index (κ1) is 22.2. The van der Waals surface area contributed by atoms with Crippen LogP contribution in [0.15, 0.2) is 90.2 Å². The van der Waals surface area contributed by atoms with Crippen molar-refractivity contribution in [3.63, 3.8) is 0 Å². The van der Waals surface area contributed by atoms with Gasteiger partial charge in [-0.15, -0.1) is 0 Å². The molecule has 0 fully saturated rings. The Labute approximate surface area is 202 Å². The van der Waals surface area contributed by atoms with E-state index in [1.807, 2.05) is 60.8 Å². The zero-order valence-electron chi connectivity index (χ0n) is 19.4. The molecule has 35 heavy (non-hydrogen) atoms. The standard InChI is InChI=1S/C28H24N4O3/c1-3-32-16-15-29-26(32)19-9-12-21(13-10-19)30-25(18-7-5-4-6-8-18)24-22-14-11-20(28(34)35-2)17-23(22)31-27(24)33/h4-17,31,33H,3H2,1-2H3. The summed E-state index contributed by atoms with van der Waals surface area (Å²) < 4.78 is 6.91. The van der Waals surface area contributed by atoms with Gasteiger partial charge in [-0.05, 0) is 43.3 Å². The number of H-pyrrole nitrogens is 1. The number of hydrogen-bond donors (Lipinski definition) is 2. The molecule has 0 unspecified atom stereocenters. The normalized spacial score (nSPS) is 11.7. The number of aryl methyl sites for hydroxylation is 1. The van der Waals surface area contributed by atoms with Gasteiger partial charge in [0.1, 0.15) is 5.82 Å². The van der Waals surface area contributed by atoms with Crippen LogP contribution in [0.3, 0.4) is 0 Å². The van der Waals surface area contributed by atoms with Crippen LogP contribution in [0.1, 0.15) is 28.4 Å². The van der Waals surface area contributed by atoms with E-state index in [2.05, 4.69) is 21.5 Å². The SMILES string of the molecule is CCn1ccnc1-c1ccc(N=C(c2ccccc2)c2c(O)[nH]c3cc(C(=O)OC)ccc23)cc1. The third-order valence-corrected chi connectivity index (χ3v) is 5.91. The maximum Gasteiger partial charge on any atom is 0.337 e. The van der Waals surface area contributed by atoms with Gasteiger partial charge >= 0.3 is 5.97 Å². The molecule has 0 atom stereocenters. The van der Waals surface area contributed by atoms with Gasteiger partial charge in [0.05, 0.1) is 29.6 Å². The molecule has 0 aliphatic carbocycles. The molecule has 5 rings (SSSR count). The van der Waals surface area contributed by atoms with E-state index in [1.54, 1.807) is 24.4 Å². The highest BCUT2D eigenvalue weighted by atomic mass is 16.5. The van der Waals surface area contributed by atoms with Gasteiger partial charge in [0, 0.05) is 41.0 Å². The summed E-state index contributed by atoms with van der Waals surface area (Å²) in [5.74, 6) is 0.441. The molecule has 0 saturated carbocycles. The minimum atomic E-state index is -0.441. The van der Waals surface area contributed by atoms with Gasteiger partial charge in [-0.2, -0.15) is 0 Å². The number of rotatable bonds is 6. The fraction of sp³-hybridized carbons (Fsp3) is 0.107. The van der Waals surface area contributed by atoms with Gasteiger partial charge < -0.3 is 19.4 Å². The van der Waals surface area contributed by atoms with Crippen LogP contribution in [-0.4, -0.2) is 38.4 Å². The number of carbonyl (C=O) groups is 1. The number of hydrogen-bond acceptors (Lipinski definition) is 5. The minimum absolute atomic E-state index is 0.0220. The summed E-state index contributed by atoms with van der Waals surface area (Å²) in [6.45, 7) is 2.92. The Balaban J connectivity index is 1.62. The van der Waals surface area contributed by atoms with Crippen molar-refractivity contribution >= 4 is 28.3 Å². The molecule has 0 aliphatic rings. The Bertz CT molecular complexity index is 1530. The Morgan fingerprint density at radius 2 is 1.83 bits per heavy atom. The predicted octanol–water partition coefficient (Wildman–Crippen LogP) is 5.71. The number of aliphatic imine (C=N–C) groups is 1. The lowest BCUT2D eigenvalue weighted by Gasteiger charge is -2.09. The molecule has 3 aromatic carbocycles. The van der Waals surface area contributed by atoms with E-state index in [9.17, 15) is 9.90 Å². The lowest BCUT2D eigenvalue weighted by Crippen LogP contribution is -2.03. The molecule has 0 spiro atoms. The van der Waals surface area contributed by atoms with Gasteiger partial charge in [0.2, 0.25) is 0 Å². The number of nitrogens with zero attached hydrogens (tertiary/aromatic N) is 3. The number of methoxy groups -OCH3 is 1. The number of ether oxygens (including phenoxy) is 1. The van der Waals surface area contributed by atoms with Crippen LogP contribution in [-0.2, 0) is 11.3 Å². The summed E-state index contributed by atoms with van der Waals surface area (Å²) in [4.78, 5) is 24.4. The Morgan fingerprint density at radius 3 is 2.54 bits per heavy atom. The molecule has 7 heteroatoms. The first-order chi connectivity index (χ1) is 17.1. The van der Waals surface area contributed by atoms with Crippen molar-refractivity contribution in [1.82, 2.24) is 14.5 Å². The third-order valence-electron chi connectivity index (χ3n) is 5.91. The van der Waals surface area contributed by atoms with E-state index in [4.69, 9.17) is 9.73 Å². The van der Waals surface area contributed by atoms with Crippen LogP contribution < -0.4 is 0 Å². The van der Waals surface area contributed by atoms with E-state index < -0.39 is 5.97 Å². The van der Waals surface area contributed by atoms with Crippen molar-refractivity contribution in [3.8, 4) is 17.3 Å². The van der Waals surface area contributed by atoms with Crippen LogP contribution in [0, 0.1) is 0 Å². The fourth-order valence-corrected chi connectivity index (χ4v) is 4.17. The highest BCUT2D eigenvalue weighted by Gasteiger charge is 2.20. The van der Waals surface area contributed by atoms with Crippen molar-refractivity contribution in [3.05, 3.63) is 102 Å². The predicted molar refractivity (Wildman–Crippen MR) is 136 cm³/mol. The van der Waals surface area contributed by atoms with Crippen molar-refractivity contribution < 1.29 is 14.6 Å². The van der Waals surface area contributed by atoms with E-state index in [-0.39, 0.29) is 5.88 Å². The Morgan fingerprint density at radius 1 is 1.06 bits per heavy atom. The number of esters is 1. The molecule has 0 bridgehead atoms. The smallest absolute Gasteiger partial charge is 0.337 e. The van der Waals surface area contributed by atoms with Gasteiger partial charge in [-0.25, -0.2) is 14.8 Å². The van der Waals surface area contributed by atoms with Crippen LogP contribution in [0.4, 0.5) is 5.69 Å². The van der Waals surface area contributed by atoms with Crippen molar-refractivity contribution in [1.29, 1.82) is 0 Å². The third kappa shape index (κ3) is 4.19. The number of nitrogens with one attached hydrogen (secondary N) is 1. The maximum absolute atomic E-state index is 12.0. The molecule has 0 amide bonds. The first-order valence-electron chi connectivity index (χ1n) is 11.3. The first-order valence-corrected chi connectivity index (χ1v) is 11.3. The second-order valence-corrected chi connectivity index (χ2v) is 8.01. The average molecular weight is 465 g/mol. The van der Waals surface area contributed by atoms with E-state index >= 15 is 0 Å². The molecule has 0 radical (unpaired) electrons. The number of fused-ring (bicyclic) bond motifs is 1. The van der Waals surface area contributed by atoms with Gasteiger partial charge in [0.15, 0.2) is 5.88 Å². The van der Waals surface area contributed by atoms with Crippen molar-refractivity contribution in [2.24, 2.45) is 4.99 Å². The molecule has 7 nitrogen and oxygen atoms in total. The fourth-order valence-electron chi connectivity index (χ4n) is 4.17. The topological polar surface area (TPSA) is 92.5 Å². The zero-order chi connectivity index (χ0) is 24.4. The van der Waals surface area contributed by atoms with E-state index in [0.717, 1.165) is 34.6 Å². The summed E-state index contributed by atoms with van der Waals surface area (Å²) in [6, 6.07) is 22.7. The Kier molecular flexibility index (Phi) is 5.89. The maximum atomic E-state index is 12.0. The molecular formula is C28H24N4O3. The molecule has 0 saturated heterocycles. The molecular weight excluding hydrogens is 440 g/mol. The number of aromatic amines is 1. The molecule has 2 heterocycles. The largest absolute Gasteiger partial charge is 0.494 e.